The molecule has 3 aromatic carbocycles. The highest BCUT2D eigenvalue weighted by atomic mass is 19.1. The van der Waals surface area contributed by atoms with Crippen LogP contribution in [0.4, 0.5) is 14.5 Å². The van der Waals surface area contributed by atoms with E-state index in [0.29, 0.717) is 16.8 Å². The minimum atomic E-state index is -0.912. The third-order valence-corrected chi connectivity index (χ3v) is 5.57. The van der Waals surface area contributed by atoms with Gasteiger partial charge in [-0.3, -0.25) is 19.3 Å². The van der Waals surface area contributed by atoms with Gasteiger partial charge in [0.15, 0.2) is 11.2 Å². The fourth-order valence-electron chi connectivity index (χ4n) is 4.03. The van der Waals surface area contributed by atoms with Gasteiger partial charge >= 0.3 is 0 Å². The Kier molecular flexibility index (Phi) is 4.48. The first-order valence-corrected chi connectivity index (χ1v) is 9.81. The molecule has 1 atom stereocenters. The van der Waals surface area contributed by atoms with E-state index in [2.05, 4.69) is 0 Å². The van der Waals surface area contributed by atoms with Crippen molar-refractivity contribution in [2.75, 3.05) is 4.90 Å². The first-order valence-electron chi connectivity index (χ1n) is 9.81. The number of Topliss-reactive ketones (excluding diaryl/α,β-unsaturated/α-hetero) is 1. The number of rotatable bonds is 3. The molecule has 0 saturated carbocycles. The molecule has 1 amide bonds. The number of hydrogen-bond donors (Lipinski definition) is 0. The molecule has 0 saturated heterocycles. The number of fused-ring (bicyclic) bond motifs is 2. The summed E-state index contributed by atoms with van der Waals surface area (Å²) in [5.41, 5.74) is 0.982. The predicted molar refractivity (Wildman–Crippen MR) is 114 cm³/mol. The average Bonchev–Trinajstić information content (AvgIpc) is 3.07. The van der Waals surface area contributed by atoms with Crippen molar-refractivity contribution in [2.24, 2.45) is 0 Å². The minimum Gasteiger partial charge on any atom is -0.450 e. The maximum absolute atomic E-state index is 13.8. The van der Waals surface area contributed by atoms with E-state index in [1.54, 1.807) is 24.3 Å². The third-order valence-electron chi connectivity index (χ3n) is 5.57. The molecule has 1 aromatic heterocycles. The van der Waals surface area contributed by atoms with Crippen molar-refractivity contribution in [1.82, 2.24) is 0 Å². The Hall–Kier alpha value is -4.13. The van der Waals surface area contributed by atoms with E-state index in [4.69, 9.17) is 4.42 Å². The summed E-state index contributed by atoms with van der Waals surface area (Å²) in [6, 6.07) is 14.4. The molecule has 0 fully saturated rings. The minimum absolute atomic E-state index is 0.0115. The molecule has 0 spiro atoms. The Morgan fingerprint density at radius 2 is 1.56 bits per heavy atom. The monoisotopic (exact) mass is 431 g/mol. The van der Waals surface area contributed by atoms with E-state index >= 15 is 0 Å². The molecular weight excluding hydrogens is 416 g/mol. The van der Waals surface area contributed by atoms with Crippen molar-refractivity contribution in [3.8, 4) is 0 Å². The van der Waals surface area contributed by atoms with Crippen LogP contribution in [0.25, 0.3) is 11.0 Å². The van der Waals surface area contributed by atoms with Gasteiger partial charge in [-0.2, -0.15) is 0 Å². The quantitative estimate of drug-likeness (QED) is 0.427. The highest BCUT2D eigenvalue weighted by Crippen LogP contribution is 2.41. The van der Waals surface area contributed by atoms with E-state index in [1.165, 1.54) is 42.2 Å². The highest BCUT2D eigenvalue weighted by molar-refractivity contribution is 6.10. The molecule has 32 heavy (non-hydrogen) atoms. The van der Waals surface area contributed by atoms with Crippen molar-refractivity contribution >= 4 is 28.3 Å². The fraction of sp³-hybridized carbons (Fsp3) is 0.0800. The topological polar surface area (TPSA) is 67.6 Å². The molecule has 158 valence electrons. The van der Waals surface area contributed by atoms with Crippen molar-refractivity contribution in [2.45, 2.75) is 13.0 Å². The maximum Gasteiger partial charge on any atom is 0.295 e. The van der Waals surface area contributed by atoms with Gasteiger partial charge in [-0.15, -0.1) is 0 Å². The van der Waals surface area contributed by atoms with E-state index in [9.17, 15) is 23.2 Å². The van der Waals surface area contributed by atoms with Gasteiger partial charge in [0.25, 0.3) is 5.91 Å². The predicted octanol–water partition coefficient (Wildman–Crippen LogP) is 5.02. The molecule has 0 bridgehead atoms. The van der Waals surface area contributed by atoms with Crippen LogP contribution in [0.15, 0.2) is 75.9 Å². The van der Waals surface area contributed by atoms with Crippen molar-refractivity contribution in [3.63, 3.8) is 0 Å². The summed E-state index contributed by atoms with van der Waals surface area (Å²) in [5, 5.41) is 0.0115. The zero-order valence-corrected chi connectivity index (χ0v) is 16.8. The van der Waals surface area contributed by atoms with Crippen LogP contribution in [0.3, 0.4) is 0 Å². The number of carbonyl (C=O) groups is 2. The Morgan fingerprint density at radius 1 is 0.906 bits per heavy atom. The van der Waals surface area contributed by atoms with Gasteiger partial charge in [-0.1, -0.05) is 12.1 Å². The fourth-order valence-corrected chi connectivity index (χ4v) is 4.03. The van der Waals surface area contributed by atoms with Gasteiger partial charge < -0.3 is 4.42 Å². The van der Waals surface area contributed by atoms with E-state index in [-0.39, 0.29) is 28.1 Å². The summed E-state index contributed by atoms with van der Waals surface area (Å²) in [5.74, 6) is -1.92. The normalized spacial score (nSPS) is 15.3. The Morgan fingerprint density at radius 3 is 2.22 bits per heavy atom. The lowest BCUT2D eigenvalue weighted by molar-refractivity contribution is 0.0970. The van der Waals surface area contributed by atoms with Gasteiger partial charge in [-0.05, 0) is 67.1 Å². The summed E-state index contributed by atoms with van der Waals surface area (Å²) in [6.45, 7) is 1.43. The van der Waals surface area contributed by atoms with E-state index < -0.39 is 29.0 Å². The second-order valence-electron chi connectivity index (χ2n) is 7.55. The maximum atomic E-state index is 13.8. The molecule has 1 unspecified atom stereocenters. The lowest BCUT2D eigenvalue weighted by atomic mass is 9.98. The van der Waals surface area contributed by atoms with Gasteiger partial charge in [-0.25, -0.2) is 8.78 Å². The second-order valence-corrected chi connectivity index (χ2v) is 7.55. The smallest absolute Gasteiger partial charge is 0.295 e. The van der Waals surface area contributed by atoms with E-state index in [1.807, 2.05) is 0 Å². The summed E-state index contributed by atoms with van der Waals surface area (Å²) < 4.78 is 33.2. The number of anilines is 1. The van der Waals surface area contributed by atoms with Gasteiger partial charge in [0.2, 0.25) is 5.76 Å². The Bertz CT molecular complexity index is 1460. The van der Waals surface area contributed by atoms with Gasteiger partial charge in [0.05, 0.1) is 17.0 Å². The summed E-state index contributed by atoms with van der Waals surface area (Å²) in [4.78, 5) is 39.8. The molecule has 4 aromatic rings. The lowest BCUT2D eigenvalue weighted by Crippen LogP contribution is -2.29. The van der Waals surface area contributed by atoms with Crippen LogP contribution in [0, 0.1) is 11.6 Å². The van der Waals surface area contributed by atoms with Gasteiger partial charge in [0.1, 0.15) is 17.2 Å². The number of hydrogen-bond acceptors (Lipinski definition) is 4. The number of nitrogens with zero attached hydrogens (tertiary/aromatic N) is 1. The summed E-state index contributed by atoms with van der Waals surface area (Å²) in [7, 11) is 0. The first-order chi connectivity index (χ1) is 15.3. The summed E-state index contributed by atoms with van der Waals surface area (Å²) in [6.07, 6.45) is 0. The van der Waals surface area contributed by atoms with Crippen molar-refractivity contribution in [1.29, 1.82) is 0 Å². The molecule has 2 heterocycles. The van der Waals surface area contributed by atoms with Crippen LogP contribution in [-0.2, 0) is 0 Å². The number of halogens is 2. The van der Waals surface area contributed by atoms with Crippen LogP contribution in [0.5, 0.6) is 0 Å². The molecule has 5 nitrogen and oxygen atoms in total. The largest absolute Gasteiger partial charge is 0.450 e. The number of ketones is 1. The zero-order valence-electron chi connectivity index (χ0n) is 16.8. The highest BCUT2D eigenvalue weighted by Gasteiger charge is 2.43. The molecule has 0 radical (unpaired) electrons. The van der Waals surface area contributed by atoms with Crippen LogP contribution in [0.1, 0.15) is 45.0 Å². The average molecular weight is 431 g/mol. The molecule has 5 rings (SSSR count). The SMILES string of the molecule is CC(=O)c1ccc(N2C(=O)c3oc4ccc(F)cc4c(=O)c3C2c2ccc(F)cc2)cc1. The molecule has 7 heteroatoms. The third kappa shape index (κ3) is 3.01. The second kappa shape index (κ2) is 7.23. The van der Waals surface area contributed by atoms with Crippen molar-refractivity contribution in [3.05, 3.63) is 111 Å². The van der Waals surface area contributed by atoms with Crippen LogP contribution >= 0.6 is 0 Å². The molecule has 1 aliphatic rings. The zero-order chi connectivity index (χ0) is 22.6. The number of amides is 1. The van der Waals surface area contributed by atoms with Crippen LogP contribution < -0.4 is 10.3 Å². The van der Waals surface area contributed by atoms with E-state index in [0.717, 1.165) is 12.1 Å². The lowest BCUT2D eigenvalue weighted by Gasteiger charge is -2.25. The molecule has 0 aliphatic carbocycles. The van der Waals surface area contributed by atoms with Crippen LogP contribution in [-0.4, -0.2) is 11.7 Å². The first kappa shape index (κ1) is 19.8. The number of carbonyl (C=O) groups excluding carboxylic acids is 2. The van der Waals surface area contributed by atoms with Crippen LogP contribution in [0.2, 0.25) is 0 Å². The van der Waals surface area contributed by atoms with Gasteiger partial charge in [0, 0.05) is 11.3 Å². The Balaban J connectivity index is 1.77. The molecular formula is C25H15F2NO4. The standard InChI is InChI=1S/C25H15F2NO4/c1-13(29)14-4-9-18(10-5-14)28-22(15-2-6-16(26)7-3-15)21-23(30)19-12-17(27)8-11-20(19)32-24(21)25(28)31/h2-12,22H,1H3. The Labute approximate surface area is 180 Å². The molecule has 1 aliphatic heterocycles. The van der Waals surface area contributed by atoms with Crippen molar-refractivity contribution < 1.29 is 22.8 Å². The molecule has 0 N–H and O–H groups in total. The number of benzene rings is 3. The summed E-state index contributed by atoms with van der Waals surface area (Å²) >= 11 is 0.